The van der Waals surface area contributed by atoms with Crippen LogP contribution in [0, 0.1) is 18.8 Å². The summed E-state index contributed by atoms with van der Waals surface area (Å²) in [6, 6.07) is 0. The van der Waals surface area contributed by atoms with Crippen LogP contribution in [0.2, 0.25) is 0 Å². The molecule has 2 rings (SSSR count). The highest BCUT2D eigenvalue weighted by Crippen LogP contribution is 2.29. The quantitative estimate of drug-likeness (QED) is 0.921. The van der Waals surface area contributed by atoms with E-state index >= 15 is 0 Å². The molecule has 0 aromatic carbocycles. The van der Waals surface area contributed by atoms with Crippen LogP contribution < -0.4 is 5.32 Å². The van der Waals surface area contributed by atoms with E-state index in [1.54, 1.807) is 0 Å². The number of hydrogen-bond acceptors (Lipinski definition) is 4. The number of amides is 1. The van der Waals surface area contributed by atoms with Crippen molar-refractivity contribution in [1.29, 1.82) is 0 Å². The lowest BCUT2D eigenvalue weighted by Crippen LogP contribution is -2.41. The molecule has 1 amide bonds. The summed E-state index contributed by atoms with van der Waals surface area (Å²) >= 11 is 0. The first-order valence-electron chi connectivity index (χ1n) is 7.42. The molecule has 5 nitrogen and oxygen atoms in total. The van der Waals surface area contributed by atoms with Crippen molar-refractivity contribution in [2.24, 2.45) is 11.8 Å². The molecule has 5 heteroatoms. The fraction of sp³-hybridized carbons (Fsp3) is 0.733. The fourth-order valence-electron chi connectivity index (χ4n) is 2.78. The fourth-order valence-corrected chi connectivity index (χ4v) is 2.78. The van der Waals surface area contributed by atoms with Crippen LogP contribution in [0.4, 0.5) is 5.69 Å². The second-order valence-electron chi connectivity index (χ2n) is 5.73. The Balaban J connectivity index is 2.12. The summed E-state index contributed by atoms with van der Waals surface area (Å²) < 4.78 is 10.9. The van der Waals surface area contributed by atoms with Crippen LogP contribution in [0.15, 0.2) is 4.52 Å². The van der Waals surface area contributed by atoms with Crippen molar-refractivity contribution in [2.75, 3.05) is 11.9 Å². The Hall–Kier alpha value is -1.36. The van der Waals surface area contributed by atoms with E-state index in [1.807, 2.05) is 13.8 Å². The number of aryl methyl sites for hydroxylation is 2. The minimum Gasteiger partial charge on any atom is -0.377 e. The maximum atomic E-state index is 12.5. The normalized spacial score (nSPS) is 23.1. The number of rotatable bonds is 4. The van der Waals surface area contributed by atoms with Crippen LogP contribution in [-0.4, -0.2) is 23.8 Å². The van der Waals surface area contributed by atoms with E-state index in [0.29, 0.717) is 11.7 Å². The van der Waals surface area contributed by atoms with Crippen molar-refractivity contribution in [3.8, 4) is 0 Å². The van der Waals surface area contributed by atoms with Gasteiger partial charge in [0.2, 0.25) is 5.91 Å². The van der Waals surface area contributed by atoms with Crippen molar-refractivity contribution < 1.29 is 14.1 Å². The Labute approximate surface area is 120 Å². The SMILES string of the molecule is CCc1noc(C)c1NC(=O)[C@@H]1CCCO[C@@H]1C(C)C. The average Bonchev–Trinajstić information content (AvgIpc) is 2.79. The molecule has 1 aliphatic rings. The molecule has 0 saturated carbocycles. The standard InChI is InChI=1S/C15H24N2O3/c1-5-12-13(10(4)20-17-12)16-15(18)11-7-6-8-19-14(11)9(2)3/h9,11,14H,5-8H2,1-4H3,(H,16,18)/t11-,14-/m1/s1. The molecule has 0 unspecified atom stereocenters. The van der Waals surface area contributed by atoms with Gasteiger partial charge in [0.05, 0.1) is 12.0 Å². The molecule has 0 aliphatic carbocycles. The third-order valence-electron chi connectivity index (χ3n) is 3.88. The number of anilines is 1. The first kappa shape index (κ1) is 15.0. The van der Waals surface area contributed by atoms with Crippen molar-refractivity contribution >= 4 is 11.6 Å². The molecular weight excluding hydrogens is 256 g/mol. The van der Waals surface area contributed by atoms with Gasteiger partial charge in [-0.15, -0.1) is 0 Å². The molecule has 0 spiro atoms. The summed E-state index contributed by atoms with van der Waals surface area (Å²) in [6.45, 7) is 8.75. The number of ether oxygens (including phenoxy) is 1. The van der Waals surface area contributed by atoms with Gasteiger partial charge in [-0.25, -0.2) is 0 Å². The minimum atomic E-state index is -0.0947. The Kier molecular flexibility index (Phi) is 4.81. The van der Waals surface area contributed by atoms with Gasteiger partial charge in [-0.1, -0.05) is 25.9 Å². The van der Waals surface area contributed by atoms with Crippen LogP contribution >= 0.6 is 0 Å². The number of carbonyl (C=O) groups excluding carboxylic acids is 1. The van der Waals surface area contributed by atoms with E-state index in [9.17, 15) is 4.79 Å². The minimum absolute atomic E-state index is 0.00556. The van der Waals surface area contributed by atoms with Crippen molar-refractivity contribution in [3.63, 3.8) is 0 Å². The molecule has 1 N–H and O–H groups in total. The largest absolute Gasteiger partial charge is 0.377 e. The lowest BCUT2D eigenvalue weighted by Gasteiger charge is -2.33. The Bertz CT molecular complexity index is 468. The van der Waals surface area contributed by atoms with Crippen molar-refractivity contribution in [3.05, 3.63) is 11.5 Å². The smallest absolute Gasteiger partial charge is 0.230 e. The van der Waals surface area contributed by atoms with Gasteiger partial charge in [0.15, 0.2) is 5.76 Å². The summed E-state index contributed by atoms with van der Waals surface area (Å²) in [5, 5.41) is 6.95. The molecule has 112 valence electrons. The number of aromatic nitrogens is 1. The first-order chi connectivity index (χ1) is 9.54. The average molecular weight is 280 g/mol. The number of nitrogens with zero attached hydrogens (tertiary/aromatic N) is 1. The second kappa shape index (κ2) is 6.39. The van der Waals surface area contributed by atoms with Gasteiger partial charge >= 0.3 is 0 Å². The number of nitrogens with one attached hydrogen (secondary N) is 1. The van der Waals surface area contributed by atoms with Crippen LogP contribution in [0.5, 0.6) is 0 Å². The van der Waals surface area contributed by atoms with Crippen LogP contribution in [0.3, 0.4) is 0 Å². The lowest BCUT2D eigenvalue weighted by atomic mass is 9.86. The molecule has 2 atom stereocenters. The lowest BCUT2D eigenvalue weighted by molar-refractivity contribution is -0.131. The van der Waals surface area contributed by atoms with Gasteiger partial charge in [0, 0.05) is 6.61 Å². The van der Waals surface area contributed by atoms with Gasteiger partial charge in [-0.05, 0) is 32.1 Å². The van der Waals surface area contributed by atoms with E-state index in [-0.39, 0.29) is 17.9 Å². The van der Waals surface area contributed by atoms with Crippen molar-refractivity contribution in [2.45, 2.75) is 53.1 Å². The van der Waals surface area contributed by atoms with Gasteiger partial charge in [-0.3, -0.25) is 4.79 Å². The van der Waals surface area contributed by atoms with Crippen LogP contribution in [-0.2, 0) is 16.0 Å². The van der Waals surface area contributed by atoms with E-state index in [2.05, 4.69) is 24.3 Å². The monoisotopic (exact) mass is 280 g/mol. The molecule has 2 heterocycles. The zero-order chi connectivity index (χ0) is 14.7. The first-order valence-corrected chi connectivity index (χ1v) is 7.42. The third-order valence-corrected chi connectivity index (χ3v) is 3.88. The van der Waals surface area contributed by atoms with Gasteiger partial charge < -0.3 is 14.6 Å². The zero-order valence-corrected chi connectivity index (χ0v) is 12.7. The highest BCUT2D eigenvalue weighted by atomic mass is 16.5. The summed E-state index contributed by atoms with van der Waals surface area (Å²) in [7, 11) is 0. The second-order valence-corrected chi connectivity index (χ2v) is 5.73. The molecule has 1 fully saturated rings. The predicted octanol–water partition coefficient (Wildman–Crippen LogP) is 2.94. The van der Waals surface area contributed by atoms with E-state index in [1.165, 1.54) is 0 Å². The number of hydrogen-bond donors (Lipinski definition) is 1. The summed E-state index contributed by atoms with van der Waals surface area (Å²) in [6.07, 6.45) is 2.54. The summed E-state index contributed by atoms with van der Waals surface area (Å²) in [5.74, 6) is 0.917. The summed E-state index contributed by atoms with van der Waals surface area (Å²) in [4.78, 5) is 12.5. The molecule has 1 aromatic rings. The molecule has 0 radical (unpaired) electrons. The van der Waals surface area contributed by atoms with Crippen LogP contribution in [0.1, 0.15) is 45.1 Å². The van der Waals surface area contributed by atoms with Gasteiger partial charge in [-0.2, -0.15) is 0 Å². The maximum absolute atomic E-state index is 12.5. The molecule has 20 heavy (non-hydrogen) atoms. The van der Waals surface area contributed by atoms with E-state index < -0.39 is 0 Å². The molecule has 1 aliphatic heterocycles. The third kappa shape index (κ3) is 3.03. The Morgan fingerprint density at radius 1 is 1.50 bits per heavy atom. The molecule has 0 bridgehead atoms. The van der Waals surface area contributed by atoms with Crippen LogP contribution in [0.25, 0.3) is 0 Å². The van der Waals surface area contributed by atoms with E-state index in [0.717, 1.165) is 37.3 Å². The van der Waals surface area contributed by atoms with Crippen molar-refractivity contribution in [1.82, 2.24) is 5.16 Å². The van der Waals surface area contributed by atoms with Gasteiger partial charge in [0.1, 0.15) is 11.4 Å². The Morgan fingerprint density at radius 2 is 2.25 bits per heavy atom. The molecular formula is C15H24N2O3. The highest BCUT2D eigenvalue weighted by molar-refractivity contribution is 5.94. The summed E-state index contributed by atoms with van der Waals surface area (Å²) in [5.41, 5.74) is 1.53. The Morgan fingerprint density at radius 3 is 2.90 bits per heavy atom. The predicted molar refractivity (Wildman–Crippen MR) is 76.5 cm³/mol. The highest BCUT2D eigenvalue weighted by Gasteiger charge is 2.34. The zero-order valence-electron chi connectivity index (χ0n) is 12.7. The number of carbonyl (C=O) groups is 1. The molecule has 1 saturated heterocycles. The molecule has 1 aromatic heterocycles. The topological polar surface area (TPSA) is 64.4 Å². The maximum Gasteiger partial charge on any atom is 0.230 e. The van der Waals surface area contributed by atoms with Gasteiger partial charge in [0.25, 0.3) is 0 Å². The van der Waals surface area contributed by atoms with E-state index in [4.69, 9.17) is 9.26 Å².